The van der Waals surface area contributed by atoms with Gasteiger partial charge in [0.1, 0.15) is 0 Å². The fourth-order valence-electron chi connectivity index (χ4n) is 3.36. The second kappa shape index (κ2) is 5.44. The van der Waals surface area contributed by atoms with Crippen LogP contribution in [0.5, 0.6) is 0 Å². The smallest absolute Gasteiger partial charge is 0.163 e. The molecule has 0 saturated heterocycles. The first-order valence-electron chi connectivity index (χ1n) is 7.53. The number of hydrogen-bond acceptors (Lipinski definition) is 1. The Kier molecular flexibility index (Phi) is 4.19. The highest BCUT2D eigenvalue weighted by Gasteiger charge is 2.39. The van der Waals surface area contributed by atoms with Crippen molar-refractivity contribution in [2.45, 2.75) is 58.4 Å². The maximum Gasteiger partial charge on any atom is 0.163 e. The SMILES string of the molecule is CCC(C)(C)C1CCC(N)(c2cccc(F)c2F)CC1. The predicted octanol–water partition coefficient (Wildman–Crippen LogP) is 4.75. The van der Waals surface area contributed by atoms with Crippen molar-refractivity contribution >= 4 is 0 Å². The van der Waals surface area contributed by atoms with Crippen LogP contribution in [-0.2, 0) is 5.54 Å². The molecule has 1 saturated carbocycles. The van der Waals surface area contributed by atoms with Gasteiger partial charge in [0.15, 0.2) is 11.6 Å². The van der Waals surface area contributed by atoms with Gasteiger partial charge in [-0.3, -0.25) is 0 Å². The molecule has 1 fully saturated rings. The molecule has 112 valence electrons. The van der Waals surface area contributed by atoms with Crippen LogP contribution in [-0.4, -0.2) is 0 Å². The number of nitrogens with two attached hydrogens (primary N) is 1. The molecule has 0 aromatic heterocycles. The van der Waals surface area contributed by atoms with Gasteiger partial charge in [0.25, 0.3) is 0 Å². The molecular formula is C17H25F2N. The molecular weight excluding hydrogens is 256 g/mol. The molecule has 0 unspecified atom stereocenters. The van der Waals surface area contributed by atoms with E-state index in [2.05, 4.69) is 20.8 Å². The minimum Gasteiger partial charge on any atom is -0.321 e. The van der Waals surface area contributed by atoms with Gasteiger partial charge in [-0.05, 0) is 43.1 Å². The normalized spacial score (nSPS) is 27.6. The fraction of sp³-hybridized carbons (Fsp3) is 0.647. The Bertz CT molecular complexity index is 474. The summed E-state index contributed by atoms with van der Waals surface area (Å²) in [5.74, 6) is -0.965. The lowest BCUT2D eigenvalue weighted by atomic mass is 9.64. The lowest BCUT2D eigenvalue weighted by Crippen LogP contribution is -2.43. The number of halogens is 2. The number of rotatable bonds is 3. The van der Waals surface area contributed by atoms with Gasteiger partial charge in [0.2, 0.25) is 0 Å². The van der Waals surface area contributed by atoms with E-state index in [9.17, 15) is 8.78 Å². The average Bonchev–Trinajstić information content (AvgIpc) is 2.42. The van der Waals surface area contributed by atoms with E-state index in [0.717, 1.165) is 38.2 Å². The lowest BCUT2D eigenvalue weighted by Gasteiger charge is -2.43. The van der Waals surface area contributed by atoms with E-state index < -0.39 is 17.2 Å². The topological polar surface area (TPSA) is 26.0 Å². The van der Waals surface area contributed by atoms with Crippen molar-refractivity contribution in [1.82, 2.24) is 0 Å². The van der Waals surface area contributed by atoms with Crippen molar-refractivity contribution in [1.29, 1.82) is 0 Å². The number of hydrogen-bond donors (Lipinski definition) is 1. The van der Waals surface area contributed by atoms with Crippen LogP contribution in [0.3, 0.4) is 0 Å². The first-order chi connectivity index (χ1) is 9.30. The Morgan fingerprint density at radius 2 is 1.85 bits per heavy atom. The fourth-order valence-corrected chi connectivity index (χ4v) is 3.36. The van der Waals surface area contributed by atoms with E-state index in [4.69, 9.17) is 5.73 Å². The summed E-state index contributed by atoms with van der Waals surface area (Å²) in [6.45, 7) is 6.77. The summed E-state index contributed by atoms with van der Waals surface area (Å²) in [6.07, 6.45) is 4.53. The van der Waals surface area contributed by atoms with Crippen molar-refractivity contribution in [2.75, 3.05) is 0 Å². The van der Waals surface area contributed by atoms with Crippen LogP contribution in [0.4, 0.5) is 8.78 Å². The second-order valence-corrected chi connectivity index (χ2v) is 6.87. The quantitative estimate of drug-likeness (QED) is 0.850. The van der Waals surface area contributed by atoms with Crippen molar-refractivity contribution in [3.05, 3.63) is 35.4 Å². The van der Waals surface area contributed by atoms with Gasteiger partial charge in [-0.25, -0.2) is 8.78 Å². The van der Waals surface area contributed by atoms with Crippen LogP contribution in [0.2, 0.25) is 0 Å². The lowest BCUT2D eigenvalue weighted by molar-refractivity contribution is 0.113. The number of benzene rings is 1. The highest BCUT2D eigenvalue weighted by atomic mass is 19.2. The maximum absolute atomic E-state index is 14.0. The molecule has 1 aliphatic carbocycles. The average molecular weight is 281 g/mol. The Morgan fingerprint density at radius 1 is 1.25 bits per heavy atom. The van der Waals surface area contributed by atoms with E-state index in [1.165, 1.54) is 0 Å². The second-order valence-electron chi connectivity index (χ2n) is 6.87. The summed E-state index contributed by atoms with van der Waals surface area (Å²) in [5, 5.41) is 0. The Hall–Kier alpha value is -0.960. The summed E-state index contributed by atoms with van der Waals surface area (Å²) in [6, 6.07) is 4.32. The molecule has 0 bridgehead atoms. The molecule has 0 atom stereocenters. The molecule has 0 amide bonds. The van der Waals surface area contributed by atoms with Crippen LogP contribution in [0.25, 0.3) is 0 Å². The minimum absolute atomic E-state index is 0.293. The molecule has 0 heterocycles. The zero-order valence-corrected chi connectivity index (χ0v) is 12.7. The largest absolute Gasteiger partial charge is 0.321 e. The van der Waals surface area contributed by atoms with Gasteiger partial charge in [0.05, 0.1) is 0 Å². The Labute approximate surface area is 120 Å². The molecule has 2 rings (SSSR count). The summed E-state index contributed by atoms with van der Waals surface area (Å²) >= 11 is 0. The summed E-state index contributed by atoms with van der Waals surface area (Å²) in [5.41, 5.74) is 6.31. The van der Waals surface area contributed by atoms with Crippen molar-refractivity contribution in [2.24, 2.45) is 17.1 Å². The summed E-state index contributed by atoms with van der Waals surface area (Å²) < 4.78 is 27.4. The van der Waals surface area contributed by atoms with E-state index in [0.29, 0.717) is 16.9 Å². The van der Waals surface area contributed by atoms with Gasteiger partial charge in [-0.2, -0.15) is 0 Å². The van der Waals surface area contributed by atoms with E-state index in [1.807, 2.05) is 0 Å². The highest BCUT2D eigenvalue weighted by Crippen LogP contribution is 2.46. The van der Waals surface area contributed by atoms with Gasteiger partial charge in [-0.1, -0.05) is 39.3 Å². The van der Waals surface area contributed by atoms with Crippen LogP contribution in [0.1, 0.15) is 58.4 Å². The molecule has 2 N–H and O–H groups in total. The third-order valence-corrected chi connectivity index (χ3v) is 5.38. The van der Waals surface area contributed by atoms with E-state index in [1.54, 1.807) is 12.1 Å². The molecule has 1 aliphatic rings. The van der Waals surface area contributed by atoms with Gasteiger partial charge in [0, 0.05) is 11.1 Å². The Balaban J connectivity index is 2.18. The van der Waals surface area contributed by atoms with E-state index in [-0.39, 0.29) is 0 Å². The van der Waals surface area contributed by atoms with Crippen molar-refractivity contribution in [3.63, 3.8) is 0 Å². The predicted molar refractivity (Wildman–Crippen MR) is 78.3 cm³/mol. The molecule has 1 aromatic carbocycles. The first-order valence-corrected chi connectivity index (χ1v) is 7.53. The van der Waals surface area contributed by atoms with Crippen LogP contribution >= 0.6 is 0 Å². The zero-order valence-electron chi connectivity index (χ0n) is 12.7. The minimum atomic E-state index is -0.802. The molecule has 1 aromatic rings. The van der Waals surface area contributed by atoms with Crippen LogP contribution in [0.15, 0.2) is 18.2 Å². The monoisotopic (exact) mass is 281 g/mol. The van der Waals surface area contributed by atoms with Gasteiger partial charge in [-0.15, -0.1) is 0 Å². The third kappa shape index (κ3) is 2.73. The maximum atomic E-state index is 14.0. The first kappa shape index (κ1) is 15.4. The van der Waals surface area contributed by atoms with Crippen LogP contribution in [0, 0.1) is 23.0 Å². The van der Waals surface area contributed by atoms with E-state index >= 15 is 0 Å². The van der Waals surface area contributed by atoms with Crippen molar-refractivity contribution < 1.29 is 8.78 Å². The Morgan fingerprint density at radius 3 is 2.40 bits per heavy atom. The zero-order chi connectivity index (χ0) is 15.0. The molecule has 3 heteroatoms. The van der Waals surface area contributed by atoms with Crippen LogP contribution < -0.4 is 5.73 Å². The molecule has 0 aliphatic heterocycles. The molecule has 1 nitrogen and oxygen atoms in total. The van der Waals surface area contributed by atoms with Gasteiger partial charge >= 0.3 is 0 Å². The van der Waals surface area contributed by atoms with Crippen molar-refractivity contribution in [3.8, 4) is 0 Å². The molecule has 0 spiro atoms. The molecule has 0 radical (unpaired) electrons. The summed E-state index contributed by atoms with van der Waals surface area (Å²) in [4.78, 5) is 0. The standard InChI is InChI=1S/C17H25F2N/c1-4-16(2,3)12-8-10-17(20,11-9-12)13-6-5-7-14(18)15(13)19/h5-7,12H,4,8-11,20H2,1-3H3. The third-order valence-electron chi connectivity index (χ3n) is 5.38. The summed E-state index contributed by atoms with van der Waals surface area (Å²) in [7, 11) is 0. The van der Waals surface area contributed by atoms with Gasteiger partial charge < -0.3 is 5.73 Å². The molecule has 20 heavy (non-hydrogen) atoms. The highest BCUT2D eigenvalue weighted by molar-refractivity contribution is 5.27.